The first-order valence-corrected chi connectivity index (χ1v) is 5.96. The number of halogens is 1. The number of hydrogen-bond acceptors (Lipinski definition) is 4. The highest BCUT2D eigenvalue weighted by atomic mass is 35.5. The monoisotopic (exact) mass is 275 g/mol. The molecule has 3 aromatic heterocycles. The molecule has 0 saturated heterocycles. The van der Waals surface area contributed by atoms with Crippen molar-refractivity contribution in [3.05, 3.63) is 57.9 Å². The summed E-state index contributed by atoms with van der Waals surface area (Å²) in [5.41, 5.74) is 6.53. The number of nitrogens with two attached hydrogens (primary N) is 1. The van der Waals surface area contributed by atoms with Gasteiger partial charge in [-0.3, -0.25) is 4.79 Å². The molecule has 7 heteroatoms. The average molecular weight is 276 g/mol. The Morgan fingerprint density at radius 2 is 2.11 bits per heavy atom. The molecular formula is C12H10ClN5O. The van der Waals surface area contributed by atoms with Gasteiger partial charge in [-0.05, 0) is 18.2 Å². The van der Waals surface area contributed by atoms with Crippen molar-refractivity contribution in [2.24, 2.45) is 0 Å². The molecule has 0 amide bonds. The van der Waals surface area contributed by atoms with Crippen LogP contribution in [0.3, 0.4) is 0 Å². The molecule has 0 spiro atoms. The van der Waals surface area contributed by atoms with E-state index in [-0.39, 0.29) is 12.1 Å². The van der Waals surface area contributed by atoms with Crippen LogP contribution in [0.1, 0.15) is 5.69 Å². The Hall–Kier alpha value is -2.34. The molecule has 0 radical (unpaired) electrons. The van der Waals surface area contributed by atoms with Gasteiger partial charge in [0.2, 0.25) is 0 Å². The lowest BCUT2D eigenvalue weighted by molar-refractivity contribution is 0.727. The largest absolute Gasteiger partial charge is 0.384 e. The molecule has 0 aromatic carbocycles. The van der Waals surface area contributed by atoms with E-state index < -0.39 is 0 Å². The van der Waals surface area contributed by atoms with Gasteiger partial charge in [-0.25, -0.2) is 9.50 Å². The first-order chi connectivity index (χ1) is 9.15. The Kier molecular flexibility index (Phi) is 2.72. The van der Waals surface area contributed by atoms with Crippen molar-refractivity contribution in [1.82, 2.24) is 19.2 Å². The first kappa shape index (κ1) is 11.7. The van der Waals surface area contributed by atoms with E-state index >= 15 is 0 Å². The van der Waals surface area contributed by atoms with Crippen LogP contribution in [0.4, 0.5) is 5.82 Å². The zero-order chi connectivity index (χ0) is 13.4. The molecule has 0 saturated carbocycles. The van der Waals surface area contributed by atoms with Crippen molar-refractivity contribution in [2.75, 3.05) is 5.73 Å². The van der Waals surface area contributed by atoms with Crippen LogP contribution in [0.2, 0.25) is 5.02 Å². The number of hydrogen-bond donors (Lipinski definition) is 1. The lowest BCUT2D eigenvalue weighted by Gasteiger charge is -2.07. The minimum atomic E-state index is -0.153. The second-order valence-electron chi connectivity index (χ2n) is 4.06. The third-order valence-corrected chi connectivity index (χ3v) is 3.14. The smallest absolute Gasteiger partial charge is 0.276 e. The van der Waals surface area contributed by atoms with E-state index in [9.17, 15) is 4.79 Å². The van der Waals surface area contributed by atoms with Gasteiger partial charge in [0.05, 0.1) is 23.5 Å². The van der Waals surface area contributed by atoms with E-state index in [0.29, 0.717) is 22.1 Å². The summed E-state index contributed by atoms with van der Waals surface area (Å²) in [7, 11) is 0. The molecule has 2 N–H and O–H groups in total. The van der Waals surface area contributed by atoms with Crippen molar-refractivity contribution < 1.29 is 0 Å². The van der Waals surface area contributed by atoms with Crippen LogP contribution in [0.5, 0.6) is 0 Å². The SMILES string of the molecule is Nc1ccc(Cl)c(Cn2ccn3nccc3c2=O)n1. The van der Waals surface area contributed by atoms with Crippen LogP contribution in [0, 0.1) is 0 Å². The number of rotatable bonds is 2. The van der Waals surface area contributed by atoms with Gasteiger partial charge in [0, 0.05) is 12.4 Å². The van der Waals surface area contributed by atoms with Gasteiger partial charge < -0.3 is 10.3 Å². The van der Waals surface area contributed by atoms with Crippen LogP contribution >= 0.6 is 11.6 Å². The standard InChI is InChI=1S/C12H10ClN5O/c13-8-1-2-11(14)16-9(8)7-17-5-6-18-10(12(17)19)3-4-15-18/h1-6H,7H2,(H2,14,16). The fraction of sp³-hybridized carbons (Fsp3) is 0.0833. The molecule has 3 rings (SSSR count). The first-order valence-electron chi connectivity index (χ1n) is 5.59. The predicted molar refractivity (Wildman–Crippen MR) is 72.2 cm³/mol. The highest BCUT2D eigenvalue weighted by molar-refractivity contribution is 6.31. The number of fused-ring (bicyclic) bond motifs is 1. The zero-order valence-corrected chi connectivity index (χ0v) is 10.6. The van der Waals surface area contributed by atoms with Crippen LogP contribution in [-0.4, -0.2) is 19.2 Å². The van der Waals surface area contributed by atoms with Crippen LogP contribution < -0.4 is 11.3 Å². The van der Waals surface area contributed by atoms with Crippen LogP contribution in [0.15, 0.2) is 41.6 Å². The Balaban J connectivity index is 2.08. The maximum Gasteiger partial charge on any atom is 0.276 e. The molecule has 0 atom stereocenters. The summed E-state index contributed by atoms with van der Waals surface area (Å²) in [5, 5.41) is 4.48. The van der Waals surface area contributed by atoms with E-state index in [2.05, 4.69) is 10.1 Å². The zero-order valence-electron chi connectivity index (χ0n) is 9.82. The highest BCUT2D eigenvalue weighted by Gasteiger charge is 2.07. The van der Waals surface area contributed by atoms with E-state index in [0.717, 1.165) is 0 Å². The Bertz CT molecular complexity index is 807. The maximum absolute atomic E-state index is 12.2. The Morgan fingerprint density at radius 3 is 2.95 bits per heavy atom. The molecule has 3 aromatic rings. The van der Waals surface area contributed by atoms with Crippen molar-refractivity contribution >= 4 is 22.9 Å². The van der Waals surface area contributed by atoms with E-state index in [1.54, 1.807) is 36.8 Å². The van der Waals surface area contributed by atoms with Crippen molar-refractivity contribution in [2.45, 2.75) is 6.54 Å². The molecule has 0 unspecified atom stereocenters. The second kappa shape index (κ2) is 4.40. The summed E-state index contributed by atoms with van der Waals surface area (Å²) in [4.78, 5) is 16.3. The van der Waals surface area contributed by atoms with Crippen molar-refractivity contribution in [3.8, 4) is 0 Å². The van der Waals surface area contributed by atoms with E-state index in [1.165, 1.54) is 9.08 Å². The molecule has 19 heavy (non-hydrogen) atoms. The molecule has 96 valence electrons. The Morgan fingerprint density at radius 1 is 1.26 bits per heavy atom. The van der Waals surface area contributed by atoms with Crippen LogP contribution in [-0.2, 0) is 6.54 Å². The summed E-state index contributed by atoms with van der Waals surface area (Å²) >= 11 is 6.04. The fourth-order valence-electron chi connectivity index (χ4n) is 1.86. The van der Waals surface area contributed by atoms with Gasteiger partial charge in [0.15, 0.2) is 0 Å². The number of aromatic nitrogens is 4. The predicted octanol–water partition coefficient (Wildman–Crippen LogP) is 1.17. The van der Waals surface area contributed by atoms with Gasteiger partial charge >= 0.3 is 0 Å². The third-order valence-electron chi connectivity index (χ3n) is 2.80. The van der Waals surface area contributed by atoms with Crippen molar-refractivity contribution in [1.29, 1.82) is 0 Å². The normalized spacial score (nSPS) is 11.0. The number of pyridine rings is 1. The third kappa shape index (κ3) is 2.06. The lowest BCUT2D eigenvalue weighted by atomic mass is 10.3. The maximum atomic E-state index is 12.2. The number of nitrogen functional groups attached to an aromatic ring is 1. The number of nitrogens with zero attached hydrogens (tertiary/aromatic N) is 4. The van der Waals surface area contributed by atoms with Gasteiger partial charge in [0.25, 0.3) is 5.56 Å². The molecule has 3 heterocycles. The summed E-state index contributed by atoms with van der Waals surface area (Å²) in [6.07, 6.45) is 4.92. The van der Waals surface area contributed by atoms with Gasteiger partial charge in [-0.15, -0.1) is 0 Å². The second-order valence-corrected chi connectivity index (χ2v) is 4.46. The van der Waals surface area contributed by atoms with Crippen molar-refractivity contribution in [3.63, 3.8) is 0 Å². The highest BCUT2D eigenvalue weighted by Crippen LogP contribution is 2.15. The van der Waals surface area contributed by atoms with Crippen LogP contribution in [0.25, 0.3) is 5.52 Å². The minimum Gasteiger partial charge on any atom is -0.384 e. The summed E-state index contributed by atoms with van der Waals surface area (Å²) in [6, 6.07) is 4.95. The minimum absolute atomic E-state index is 0.153. The fourth-order valence-corrected chi connectivity index (χ4v) is 2.02. The number of anilines is 1. The quantitative estimate of drug-likeness (QED) is 0.762. The molecule has 0 fully saturated rings. The van der Waals surface area contributed by atoms with Gasteiger partial charge in [-0.1, -0.05) is 11.6 Å². The topological polar surface area (TPSA) is 78.2 Å². The summed E-state index contributed by atoms with van der Waals surface area (Å²) < 4.78 is 3.04. The molecule has 0 aliphatic carbocycles. The molecule has 0 aliphatic heterocycles. The molecule has 6 nitrogen and oxygen atoms in total. The molecule has 0 bridgehead atoms. The van der Waals surface area contributed by atoms with E-state index in [4.69, 9.17) is 17.3 Å². The lowest BCUT2D eigenvalue weighted by Crippen LogP contribution is -2.22. The summed E-state index contributed by atoms with van der Waals surface area (Å²) in [6.45, 7) is 0.268. The Labute approximate surface area is 113 Å². The molecular weight excluding hydrogens is 266 g/mol. The van der Waals surface area contributed by atoms with Gasteiger partial charge in [0.1, 0.15) is 11.3 Å². The van der Waals surface area contributed by atoms with E-state index in [1.807, 2.05) is 0 Å². The molecule has 0 aliphatic rings. The van der Waals surface area contributed by atoms with Gasteiger partial charge in [-0.2, -0.15) is 5.10 Å². The summed E-state index contributed by atoms with van der Waals surface area (Å²) in [5.74, 6) is 0.373. The average Bonchev–Trinajstić information content (AvgIpc) is 2.86.